The summed E-state index contributed by atoms with van der Waals surface area (Å²) in [5, 5.41) is 3.13. The number of fused-ring (bicyclic) bond motifs is 1. The number of ether oxygens (including phenoxy) is 1. The first-order valence-electron chi connectivity index (χ1n) is 11.6. The third kappa shape index (κ3) is 5.16. The van der Waals surface area contributed by atoms with E-state index in [1.54, 1.807) is 0 Å². The lowest BCUT2D eigenvalue weighted by Crippen LogP contribution is -2.52. The van der Waals surface area contributed by atoms with Gasteiger partial charge < -0.3 is 15.0 Å². The minimum absolute atomic E-state index is 0.00538. The van der Waals surface area contributed by atoms with Gasteiger partial charge in [-0.2, -0.15) is 0 Å². The summed E-state index contributed by atoms with van der Waals surface area (Å²) in [7, 11) is 0. The molecule has 4 rings (SSSR count). The highest BCUT2D eigenvalue weighted by atomic mass is 16.5. The van der Waals surface area contributed by atoms with E-state index in [9.17, 15) is 9.59 Å². The van der Waals surface area contributed by atoms with Crippen LogP contribution in [0.15, 0.2) is 24.3 Å². The lowest BCUT2D eigenvalue weighted by atomic mass is 9.76. The molecule has 1 saturated heterocycles. The Hall–Kier alpha value is -2.04. The maximum Gasteiger partial charge on any atom is 0.223 e. The minimum atomic E-state index is -0.270. The number of carbonyl (C=O) groups excluding carboxylic acids is 2. The first-order chi connectivity index (χ1) is 14.2. The number of hydrogen-bond acceptors (Lipinski definition) is 3. The Morgan fingerprint density at radius 3 is 2.53 bits per heavy atom. The van der Waals surface area contributed by atoms with Gasteiger partial charge in [0, 0.05) is 51.2 Å². The summed E-state index contributed by atoms with van der Waals surface area (Å²) in [6.07, 6.45) is 6.09. The molecule has 1 aliphatic carbocycles. The van der Waals surface area contributed by atoms with Gasteiger partial charge in [0.05, 0.1) is 0 Å². The molecule has 0 aromatic heterocycles. The molecule has 2 aliphatic heterocycles. The second-order valence-corrected chi connectivity index (χ2v) is 10.8. The molecule has 1 atom stereocenters. The summed E-state index contributed by atoms with van der Waals surface area (Å²) in [6.45, 7) is 8.61. The van der Waals surface area contributed by atoms with Gasteiger partial charge in [0.2, 0.25) is 11.8 Å². The predicted octanol–water partition coefficient (Wildman–Crippen LogP) is 4.27. The van der Waals surface area contributed by atoms with Gasteiger partial charge in [0.25, 0.3) is 0 Å². The summed E-state index contributed by atoms with van der Waals surface area (Å²) in [5.74, 6) is 2.17. The highest BCUT2D eigenvalue weighted by Crippen LogP contribution is 2.46. The van der Waals surface area contributed by atoms with Crippen molar-refractivity contribution in [2.24, 2.45) is 11.3 Å². The molecule has 1 saturated carbocycles. The minimum Gasteiger partial charge on any atom is -0.487 e. The van der Waals surface area contributed by atoms with Crippen molar-refractivity contribution in [3.63, 3.8) is 0 Å². The number of carbonyl (C=O) groups is 2. The molecule has 1 N–H and O–H groups in total. The van der Waals surface area contributed by atoms with Crippen LogP contribution in [0.1, 0.15) is 77.2 Å². The van der Waals surface area contributed by atoms with Crippen LogP contribution in [-0.2, 0) is 9.59 Å². The standard InChI is InChI=1S/C25H36N2O3/c1-24(2,3)16-23(29)27-12-10-25(11-13-27)15-19(14-22(28)26-17-18-8-9-18)20-6-4-5-7-21(20)30-25/h4-7,18-19H,8-17H2,1-3H3,(H,26,28). The number of hydrogen-bond donors (Lipinski definition) is 1. The lowest BCUT2D eigenvalue weighted by Gasteiger charge is -2.47. The second-order valence-electron chi connectivity index (χ2n) is 10.8. The highest BCUT2D eigenvalue weighted by Gasteiger charge is 2.44. The van der Waals surface area contributed by atoms with Crippen LogP contribution in [0.3, 0.4) is 0 Å². The van der Waals surface area contributed by atoms with E-state index in [1.165, 1.54) is 12.8 Å². The van der Waals surface area contributed by atoms with E-state index in [4.69, 9.17) is 4.74 Å². The number of piperidine rings is 1. The zero-order valence-electron chi connectivity index (χ0n) is 18.7. The van der Waals surface area contributed by atoms with Crippen molar-refractivity contribution in [3.05, 3.63) is 29.8 Å². The zero-order chi connectivity index (χ0) is 21.4. The van der Waals surface area contributed by atoms with Crippen LogP contribution in [0, 0.1) is 11.3 Å². The van der Waals surface area contributed by atoms with Gasteiger partial charge in [-0.25, -0.2) is 0 Å². The fourth-order valence-corrected chi connectivity index (χ4v) is 4.84. The van der Waals surface area contributed by atoms with Crippen LogP contribution in [0.25, 0.3) is 0 Å². The van der Waals surface area contributed by atoms with Crippen LogP contribution in [0.4, 0.5) is 0 Å². The second kappa shape index (κ2) is 8.24. The maximum atomic E-state index is 12.7. The Kier molecular flexibility index (Phi) is 5.82. The van der Waals surface area contributed by atoms with Crippen molar-refractivity contribution in [2.45, 2.75) is 77.2 Å². The van der Waals surface area contributed by atoms with E-state index < -0.39 is 0 Å². The Labute approximate surface area is 180 Å². The van der Waals surface area contributed by atoms with Crippen molar-refractivity contribution in [3.8, 4) is 5.75 Å². The lowest BCUT2D eigenvalue weighted by molar-refractivity contribution is -0.137. The number of amides is 2. The summed E-state index contributed by atoms with van der Waals surface area (Å²) in [6, 6.07) is 8.17. The maximum absolute atomic E-state index is 12.7. The summed E-state index contributed by atoms with van der Waals surface area (Å²) >= 11 is 0. The molecule has 1 unspecified atom stereocenters. The van der Waals surface area contributed by atoms with Gasteiger partial charge in [-0.1, -0.05) is 39.0 Å². The fourth-order valence-electron chi connectivity index (χ4n) is 4.84. The smallest absolute Gasteiger partial charge is 0.223 e. The van der Waals surface area contributed by atoms with Crippen molar-refractivity contribution < 1.29 is 14.3 Å². The van der Waals surface area contributed by atoms with E-state index in [0.717, 1.165) is 50.2 Å². The molecule has 30 heavy (non-hydrogen) atoms. The SMILES string of the molecule is CC(C)(C)CC(=O)N1CCC2(CC1)CC(CC(=O)NCC1CC1)c1ccccc1O2. The third-order valence-electron chi connectivity index (χ3n) is 6.73. The van der Waals surface area contributed by atoms with E-state index in [2.05, 4.69) is 32.2 Å². The van der Waals surface area contributed by atoms with Gasteiger partial charge >= 0.3 is 0 Å². The highest BCUT2D eigenvalue weighted by molar-refractivity contribution is 5.77. The van der Waals surface area contributed by atoms with E-state index in [0.29, 0.717) is 18.8 Å². The molecule has 5 heteroatoms. The molecule has 1 aromatic rings. The molecule has 1 spiro atoms. The Bertz CT molecular complexity index is 786. The number of para-hydroxylation sites is 1. The molecule has 0 radical (unpaired) electrons. The normalized spacial score (nSPS) is 22.9. The largest absolute Gasteiger partial charge is 0.487 e. The fraction of sp³-hybridized carbons (Fsp3) is 0.680. The molecule has 0 bridgehead atoms. The molecule has 2 amide bonds. The molecule has 3 aliphatic rings. The van der Waals surface area contributed by atoms with Crippen LogP contribution in [0.5, 0.6) is 5.75 Å². The first-order valence-corrected chi connectivity index (χ1v) is 11.6. The molecule has 1 aromatic carbocycles. The average Bonchev–Trinajstić information content (AvgIpc) is 3.50. The van der Waals surface area contributed by atoms with E-state index >= 15 is 0 Å². The van der Waals surface area contributed by atoms with Crippen LogP contribution in [-0.4, -0.2) is 41.9 Å². The number of likely N-dealkylation sites (tertiary alicyclic amines) is 1. The first kappa shape index (κ1) is 21.2. The van der Waals surface area contributed by atoms with Crippen molar-refractivity contribution in [1.82, 2.24) is 10.2 Å². The van der Waals surface area contributed by atoms with Crippen molar-refractivity contribution in [2.75, 3.05) is 19.6 Å². The Morgan fingerprint density at radius 1 is 1.17 bits per heavy atom. The Balaban J connectivity index is 1.42. The third-order valence-corrected chi connectivity index (χ3v) is 6.73. The van der Waals surface area contributed by atoms with E-state index in [-0.39, 0.29) is 28.7 Å². The topological polar surface area (TPSA) is 58.6 Å². The van der Waals surface area contributed by atoms with Crippen LogP contribution in [0.2, 0.25) is 0 Å². The van der Waals surface area contributed by atoms with Crippen molar-refractivity contribution in [1.29, 1.82) is 0 Å². The Morgan fingerprint density at radius 2 is 1.87 bits per heavy atom. The van der Waals surface area contributed by atoms with Crippen LogP contribution < -0.4 is 10.1 Å². The number of rotatable bonds is 5. The number of nitrogens with zero attached hydrogens (tertiary/aromatic N) is 1. The van der Waals surface area contributed by atoms with Gasteiger partial charge in [-0.3, -0.25) is 9.59 Å². The predicted molar refractivity (Wildman–Crippen MR) is 117 cm³/mol. The summed E-state index contributed by atoms with van der Waals surface area (Å²) in [4.78, 5) is 27.2. The molecular weight excluding hydrogens is 376 g/mol. The molecule has 164 valence electrons. The van der Waals surface area contributed by atoms with Gasteiger partial charge in [0.1, 0.15) is 11.4 Å². The van der Waals surface area contributed by atoms with E-state index in [1.807, 2.05) is 23.1 Å². The van der Waals surface area contributed by atoms with Gasteiger partial charge in [-0.05, 0) is 42.2 Å². The molecule has 2 fully saturated rings. The summed E-state index contributed by atoms with van der Waals surface area (Å²) in [5.41, 5.74) is 0.885. The number of nitrogens with one attached hydrogen (secondary N) is 1. The summed E-state index contributed by atoms with van der Waals surface area (Å²) < 4.78 is 6.54. The average molecular weight is 413 g/mol. The van der Waals surface area contributed by atoms with Crippen LogP contribution >= 0.6 is 0 Å². The van der Waals surface area contributed by atoms with Crippen molar-refractivity contribution >= 4 is 11.8 Å². The molecular formula is C25H36N2O3. The number of benzene rings is 1. The van der Waals surface area contributed by atoms with Gasteiger partial charge in [0.15, 0.2) is 0 Å². The zero-order valence-corrected chi connectivity index (χ0v) is 18.7. The molecule has 5 nitrogen and oxygen atoms in total. The monoisotopic (exact) mass is 412 g/mol. The quantitative estimate of drug-likeness (QED) is 0.786. The molecule has 2 heterocycles. The van der Waals surface area contributed by atoms with Gasteiger partial charge in [-0.15, -0.1) is 0 Å².